The van der Waals surface area contributed by atoms with Gasteiger partial charge in [-0.15, -0.1) is 0 Å². The Hall–Kier alpha value is -2.66. The van der Waals surface area contributed by atoms with Gasteiger partial charge < -0.3 is 20.7 Å². The number of ether oxygens (including phenoxy) is 1. The predicted octanol–water partition coefficient (Wildman–Crippen LogP) is 4.41. The fourth-order valence-corrected chi connectivity index (χ4v) is 4.66. The number of rotatable bonds is 9. The normalized spacial score (nSPS) is 22.7. The third-order valence-corrected chi connectivity index (χ3v) is 6.71. The van der Waals surface area contributed by atoms with E-state index in [-0.39, 0.29) is 0 Å². The van der Waals surface area contributed by atoms with Gasteiger partial charge in [0.1, 0.15) is 12.4 Å². The van der Waals surface area contributed by atoms with Crippen LogP contribution in [0.25, 0.3) is 11.1 Å². The smallest absolute Gasteiger partial charge is 0.119 e. The molecule has 3 N–H and O–H groups in total. The molecular formula is C28H33N3O. The van der Waals surface area contributed by atoms with Crippen LogP contribution in [-0.2, 0) is 6.61 Å². The van der Waals surface area contributed by atoms with Crippen LogP contribution in [-0.4, -0.2) is 43.2 Å². The van der Waals surface area contributed by atoms with Crippen LogP contribution in [0.4, 0.5) is 0 Å². The molecule has 0 spiro atoms. The van der Waals surface area contributed by atoms with E-state index in [1.165, 1.54) is 28.7 Å². The summed E-state index contributed by atoms with van der Waals surface area (Å²) in [5.41, 5.74) is 11.0. The molecule has 4 nitrogen and oxygen atoms in total. The first-order valence-electron chi connectivity index (χ1n) is 11.8. The second kappa shape index (κ2) is 9.86. The highest BCUT2D eigenvalue weighted by Gasteiger charge is 2.37. The monoisotopic (exact) mass is 427 g/mol. The Morgan fingerprint density at radius 3 is 2.38 bits per heavy atom. The Balaban J connectivity index is 1.06. The summed E-state index contributed by atoms with van der Waals surface area (Å²) in [5.74, 6) is 1.56. The standard InChI is InChI=1S/C28H33N3O/c29-25-14-16-31(19-25)17-15-30-28-18-27(28)24-10-12-26(13-11-24)32-20-21-6-8-23(9-7-21)22-4-2-1-3-5-22/h1-13,25,27-28,30H,14-20,29H2/t25?,27-,28+/m0/s1. The molecule has 1 unspecified atom stereocenters. The number of likely N-dealkylation sites (tertiary alicyclic amines) is 1. The molecule has 5 rings (SSSR count). The topological polar surface area (TPSA) is 50.5 Å². The number of benzene rings is 3. The summed E-state index contributed by atoms with van der Waals surface area (Å²) in [5, 5.41) is 3.71. The lowest BCUT2D eigenvalue weighted by atomic mass is 10.0. The number of hydrogen-bond acceptors (Lipinski definition) is 4. The van der Waals surface area contributed by atoms with Crippen molar-refractivity contribution >= 4 is 0 Å². The summed E-state index contributed by atoms with van der Waals surface area (Å²) >= 11 is 0. The average Bonchev–Trinajstić information content (AvgIpc) is 3.50. The highest BCUT2D eigenvalue weighted by Crippen LogP contribution is 2.41. The van der Waals surface area contributed by atoms with Gasteiger partial charge in [0.15, 0.2) is 0 Å². The van der Waals surface area contributed by atoms with Crippen LogP contribution in [0.15, 0.2) is 78.9 Å². The first-order chi connectivity index (χ1) is 15.7. The lowest BCUT2D eigenvalue weighted by Crippen LogP contribution is -2.33. The summed E-state index contributed by atoms with van der Waals surface area (Å²) in [6, 6.07) is 28.7. The van der Waals surface area contributed by atoms with Crippen molar-refractivity contribution < 1.29 is 4.74 Å². The molecule has 2 fully saturated rings. The van der Waals surface area contributed by atoms with Gasteiger partial charge in [0, 0.05) is 37.6 Å². The molecule has 1 saturated heterocycles. The Bertz CT molecular complexity index is 987. The SMILES string of the molecule is NC1CCN(CCN[C@@H]2C[C@H]2c2ccc(OCc3ccc(-c4ccccc4)cc3)cc2)C1. The van der Waals surface area contributed by atoms with Gasteiger partial charge >= 0.3 is 0 Å². The summed E-state index contributed by atoms with van der Waals surface area (Å²) in [6.45, 7) is 4.94. The Morgan fingerprint density at radius 1 is 0.906 bits per heavy atom. The molecule has 3 atom stereocenters. The van der Waals surface area contributed by atoms with Crippen LogP contribution in [0.3, 0.4) is 0 Å². The van der Waals surface area contributed by atoms with Gasteiger partial charge in [0.05, 0.1) is 0 Å². The van der Waals surface area contributed by atoms with E-state index >= 15 is 0 Å². The maximum Gasteiger partial charge on any atom is 0.119 e. The van der Waals surface area contributed by atoms with Crippen LogP contribution in [0, 0.1) is 0 Å². The molecule has 0 radical (unpaired) electrons. The Labute approximate surface area is 191 Å². The van der Waals surface area contributed by atoms with Crippen molar-refractivity contribution in [3.8, 4) is 16.9 Å². The lowest BCUT2D eigenvalue weighted by Gasteiger charge is -2.15. The van der Waals surface area contributed by atoms with Crippen LogP contribution in [0.2, 0.25) is 0 Å². The third kappa shape index (κ3) is 5.39. The molecule has 32 heavy (non-hydrogen) atoms. The van der Waals surface area contributed by atoms with Crippen LogP contribution >= 0.6 is 0 Å². The van der Waals surface area contributed by atoms with Gasteiger partial charge in [0.25, 0.3) is 0 Å². The van der Waals surface area contributed by atoms with Crippen molar-refractivity contribution in [2.24, 2.45) is 5.73 Å². The Kier molecular flexibility index (Phi) is 6.54. The van der Waals surface area contributed by atoms with Gasteiger partial charge in [-0.3, -0.25) is 0 Å². The van der Waals surface area contributed by atoms with E-state index in [1.54, 1.807) is 0 Å². The number of nitrogens with zero attached hydrogens (tertiary/aromatic N) is 1. The Morgan fingerprint density at radius 2 is 1.66 bits per heavy atom. The summed E-state index contributed by atoms with van der Waals surface area (Å²) in [4.78, 5) is 2.47. The molecule has 1 aliphatic carbocycles. The fourth-order valence-electron chi connectivity index (χ4n) is 4.66. The minimum Gasteiger partial charge on any atom is -0.489 e. The molecular weight excluding hydrogens is 394 g/mol. The zero-order valence-corrected chi connectivity index (χ0v) is 18.6. The summed E-state index contributed by atoms with van der Waals surface area (Å²) in [6.07, 6.45) is 2.37. The van der Waals surface area contributed by atoms with Crippen molar-refractivity contribution in [3.05, 3.63) is 90.0 Å². The van der Waals surface area contributed by atoms with Crippen molar-refractivity contribution in [2.45, 2.75) is 37.5 Å². The van der Waals surface area contributed by atoms with E-state index in [2.05, 4.69) is 83.0 Å². The molecule has 166 valence electrons. The van der Waals surface area contributed by atoms with E-state index in [0.29, 0.717) is 24.6 Å². The molecule has 1 heterocycles. The van der Waals surface area contributed by atoms with Gasteiger partial charge in [-0.25, -0.2) is 0 Å². The molecule has 0 amide bonds. The molecule has 1 aliphatic heterocycles. The fraction of sp³-hybridized carbons (Fsp3) is 0.357. The van der Waals surface area contributed by atoms with Crippen molar-refractivity contribution in [2.75, 3.05) is 26.2 Å². The van der Waals surface area contributed by atoms with Crippen molar-refractivity contribution in [1.29, 1.82) is 0 Å². The van der Waals surface area contributed by atoms with Gasteiger partial charge in [-0.1, -0.05) is 66.7 Å². The highest BCUT2D eigenvalue weighted by atomic mass is 16.5. The van der Waals surface area contributed by atoms with Crippen LogP contribution in [0.5, 0.6) is 5.75 Å². The lowest BCUT2D eigenvalue weighted by molar-refractivity contribution is 0.306. The molecule has 0 bridgehead atoms. The first-order valence-corrected chi connectivity index (χ1v) is 11.8. The quantitative estimate of drug-likeness (QED) is 0.531. The molecule has 2 aliphatic rings. The molecule has 0 aromatic heterocycles. The summed E-state index contributed by atoms with van der Waals surface area (Å²) < 4.78 is 6.02. The molecule has 3 aromatic carbocycles. The van der Waals surface area contributed by atoms with Crippen LogP contribution < -0.4 is 15.8 Å². The van der Waals surface area contributed by atoms with Gasteiger partial charge in [-0.2, -0.15) is 0 Å². The molecule has 4 heteroatoms. The maximum atomic E-state index is 6.02. The third-order valence-electron chi connectivity index (χ3n) is 6.71. The largest absolute Gasteiger partial charge is 0.489 e. The van der Waals surface area contributed by atoms with E-state index in [0.717, 1.165) is 38.3 Å². The van der Waals surface area contributed by atoms with Gasteiger partial charge in [0.2, 0.25) is 0 Å². The minimum absolute atomic E-state index is 0.373. The van der Waals surface area contributed by atoms with Crippen molar-refractivity contribution in [1.82, 2.24) is 10.2 Å². The number of nitrogens with two attached hydrogens (primary N) is 1. The van der Waals surface area contributed by atoms with E-state index < -0.39 is 0 Å². The maximum absolute atomic E-state index is 6.02. The first kappa shape index (κ1) is 21.2. The highest BCUT2D eigenvalue weighted by molar-refractivity contribution is 5.63. The average molecular weight is 428 g/mol. The predicted molar refractivity (Wildman–Crippen MR) is 131 cm³/mol. The van der Waals surface area contributed by atoms with E-state index in [9.17, 15) is 0 Å². The summed E-state index contributed by atoms with van der Waals surface area (Å²) in [7, 11) is 0. The minimum atomic E-state index is 0.373. The second-order valence-corrected chi connectivity index (χ2v) is 9.17. The van der Waals surface area contributed by atoms with Crippen LogP contribution in [0.1, 0.15) is 29.9 Å². The number of hydrogen-bond donors (Lipinski definition) is 2. The van der Waals surface area contributed by atoms with E-state index in [1.807, 2.05) is 6.07 Å². The zero-order valence-electron chi connectivity index (χ0n) is 18.6. The van der Waals surface area contributed by atoms with E-state index in [4.69, 9.17) is 10.5 Å². The zero-order chi connectivity index (χ0) is 21.8. The van der Waals surface area contributed by atoms with Gasteiger partial charge in [-0.05, 0) is 53.8 Å². The molecule has 1 saturated carbocycles. The molecule has 3 aromatic rings. The van der Waals surface area contributed by atoms with Crippen molar-refractivity contribution in [3.63, 3.8) is 0 Å². The number of nitrogens with one attached hydrogen (secondary N) is 1. The second-order valence-electron chi connectivity index (χ2n) is 9.17.